The zero-order valence-electron chi connectivity index (χ0n) is 21.5. The van der Waals surface area contributed by atoms with Crippen molar-refractivity contribution in [3.8, 4) is 0 Å². The molecule has 0 aliphatic rings. The Bertz CT molecular complexity index is 945. The molecule has 0 saturated heterocycles. The SMILES string of the molecule is CCCC(NC(=O)CCC(NC(=O)COCCOCCNC(=O)CCCS(=O)(=O)NC(=O)S)C(=O)O)C(=O)O. The molecular formula is C21H36N4O12S2. The summed E-state index contributed by atoms with van der Waals surface area (Å²) in [7, 11) is -3.83. The van der Waals surface area contributed by atoms with Crippen LogP contribution in [-0.2, 0) is 43.5 Å². The highest BCUT2D eigenvalue weighted by Gasteiger charge is 2.23. The van der Waals surface area contributed by atoms with Gasteiger partial charge in [0.15, 0.2) is 0 Å². The standard InChI is InChI=1S/C21H36N4O12S2/c1-2-4-14(19(29)30)23-17(27)7-6-15(20(31)32)24-18(28)13-37-11-10-36-9-8-22-16(26)5-3-12-39(34,35)25-21(33)38/h14-15H,2-13H2,1H3,(H,22,26)(H,23,27)(H,24,28)(H,29,30)(H,31,32)(H2,25,33,38). The maximum Gasteiger partial charge on any atom is 0.326 e. The van der Waals surface area contributed by atoms with E-state index in [0.29, 0.717) is 6.42 Å². The van der Waals surface area contributed by atoms with E-state index >= 15 is 0 Å². The number of rotatable bonds is 22. The summed E-state index contributed by atoms with van der Waals surface area (Å²) < 4.78 is 34.8. The topological polar surface area (TPSA) is 244 Å². The summed E-state index contributed by atoms with van der Waals surface area (Å²) in [6, 6.07) is -2.44. The number of sulfonamides is 1. The lowest BCUT2D eigenvalue weighted by Crippen LogP contribution is -2.44. The van der Waals surface area contributed by atoms with Crippen LogP contribution in [-0.4, -0.2) is 104 Å². The smallest absolute Gasteiger partial charge is 0.326 e. The molecule has 0 aliphatic carbocycles. The van der Waals surface area contributed by atoms with Crippen LogP contribution in [0.25, 0.3) is 0 Å². The van der Waals surface area contributed by atoms with E-state index in [1.54, 1.807) is 11.6 Å². The predicted octanol–water partition coefficient (Wildman–Crippen LogP) is -1.40. The Morgan fingerprint density at radius 2 is 1.41 bits per heavy atom. The maximum absolute atomic E-state index is 11.9. The first-order valence-corrected chi connectivity index (χ1v) is 14.1. The largest absolute Gasteiger partial charge is 0.480 e. The molecule has 4 amide bonds. The van der Waals surface area contributed by atoms with E-state index in [2.05, 4.69) is 28.6 Å². The molecule has 2 unspecified atom stereocenters. The van der Waals surface area contributed by atoms with Crippen molar-refractivity contribution < 1.29 is 56.9 Å². The fraction of sp³-hybridized carbons (Fsp3) is 0.714. The minimum atomic E-state index is -3.83. The van der Waals surface area contributed by atoms with Crippen LogP contribution in [0, 0.1) is 0 Å². The van der Waals surface area contributed by atoms with Crippen LogP contribution in [0.4, 0.5) is 4.79 Å². The number of carbonyl (C=O) groups is 6. The number of carboxylic acids is 2. The number of hydrogen-bond acceptors (Lipinski definition) is 10. The summed E-state index contributed by atoms with van der Waals surface area (Å²) in [4.78, 5) is 68.6. The minimum absolute atomic E-state index is 0.000928. The molecule has 0 aromatic carbocycles. The maximum atomic E-state index is 11.9. The minimum Gasteiger partial charge on any atom is -0.480 e. The van der Waals surface area contributed by atoms with Crippen LogP contribution in [0.2, 0.25) is 0 Å². The highest BCUT2D eigenvalue weighted by molar-refractivity contribution is 7.99. The molecule has 224 valence electrons. The van der Waals surface area contributed by atoms with Crippen LogP contribution in [0.1, 0.15) is 45.4 Å². The number of thiol groups is 1. The Morgan fingerprint density at radius 1 is 0.821 bits per heavy atom. The van der Waals surface area contributed by atoms with Gasteiger partial charge in [-0.2, -0.15) is 0 Å². The van der Waals surface area contributed by atoms with E-state index in [9.17, 15) is 42.3 Å². The van der Waals surface area contributed by atoms with Gasteiger partial charge in [-0.25, -0.2) is 22.7 Å². The molecule has 0 rings (SSSR count). The second-order valence-corrected chi connectivity index (χ2v) is 10.3. The van der Waals surface area contributed by atoms with Crippen molar-refractivity contribution in [2.45, 2.75) is 57.5 Å². The molecule has 0 aromatic heterocycles. The van der Waals surface area contributed by atoms with Gasteiger partial charge >= 0.3 is 11.9 Å². The third-order valence-corrected chi connectivity index (χ3v) is 6.32. The zero-order valence-corrected chi connectivity index (χ0v) is 23.2. The van der Waals surface area contributed by atoms with Gasteiger partial charge in [0, 0.05) is 19.4 Å². The van der Waals surface area contributed by atoms with Gasteiger partial charge in [-0.15, -0.1) is 0 Å². The highest BCUT2D eigenvalue weighted by Crippen LogP contribution is 2.02. The van der Waals surface area contributed by atoms with Crippen molar-refractivity contribution in [1.29, 1.82) is 0 Å². The third kappa shape index (κ3) is 19.7. The van der Waals surface area contributed by atoms with E-state index in [1.807, 2.05) is 0 Å². The average molecular weight is 601 g/mol. The molecule has 18 heteroatoms. The Morgan fingerprint density at radius 3 is 2.00 bits per heavy atom. The number of ether oxygens (including phenoxy) is 2. The number of nitrogens with one attached hydrogen (secondary N) is 4. The lowest BCUT2D eigenvalue weighted by atomic mass is 10.1. The molecule has 0 heterocycles. The molecule has 0 fully saturated rings. The van der Waals surface area contributed by atoms with Gasteiger partial charge in [0.1, 0.15) is 18.7 Å². The molecular weight excluding hydrogens is 564 g/mol. The molecule has 0 aromatic rings. The van der Waals surface area contributed by atoms with Crippen LogP contribution in [0.15, 0.2) is 0 Å². The number of carbonyl (C=O) groups excluding carboxylic acids is 4. The fourth-order valence-electron chi connectivity index (χ4n) is 2.92. The van der Waals surface area contributed by atoms with Gasteiger partial charge in [-0.3, -0.25) is 19.2 Å². The van der Waals surface area contributed by atoms with Gasteiger partial charge in [0.05, 0.1) is 25.6 Å². The van der Waals surface area contributed by atoms with Gasteiger partial charge in [0.25, 0.3) is 5.24 Å². The molecule has 0 radical (unpaired) electrons. The summed E-state index contributed by atoms with van der Waals surface area (Å²) in [6.07, 6.45) is 0.127. The predicted molar refractivity (Wildman–Crippen MR) is 138 cm³/mol. The fourth-order valence-corrected chi connectivity index (χ4v) is 4.23. The van der Waals surface area contributed by atoms with E-state index in [-0.39, 0.29) is 58.5 Å². The van der Waals surface area contributed by atoms with Crippen LogP contribution >= 0.6 is 12.6 Å². The number of aliphatic carboxylic acids is 2. The summed E-state index contributed by atoms with van der Waals surface area (Å²) in [6.45, 7) is 1.59. The number of carboxylic acid groups (broad SMARTS) is 2. The lowest BCUT2D eigenvalue weighted by Gasteiger charge is -2.16. The summed E-state index contributed by atoms with van der Waals surface area (Å²) in [5, 5.41) is 24.4. The van der Waals surface area contributed by atoms with Crippen molar-refractivity contribution >= 4 is 57.6 Å². The van der Waals surface area contributed by atoms with Crippen molar-refractivity contribution in [2.24, 2.45) is 0 Å². The monoisotopic (exact) mass is 600 g/mol. The summed E-state index contributed by atoms with van der Waals surface area (Å²) in [5.74, 6) is -4.76. The van der Waals surface area contributed by atoms with Crippen molar-refractivity contribution in [3.05, 3.63) is 0 Å². The van der Waals surface area contributed by atoms with Gasteiger partial charge in [-0.05, 0) is 19.3 Å². The van der Waals surface area contributed by atoms with Crippen molar-refractivity contribution in [3.63, 3.8) is 0 Å². The first-order chi connectivity index (χ1) is 18.3. The van der Waals surface area contributed by atoms with Crippen LogP contribution in [0.3, 0.4) is 0 Å². The normalized spacial score (nSPS) is 12.6. The van der Waals surface area contributed by atoms with Crippen LogP contribution < -0.4 is 20.7 Å². The van der Waals surface area contributed by atoms with Crippen molar-refractivity contribution in [1.82, 2.24) is 20.7 Å². The quantitative estimate of drug-likeness (QED) is 0.0561. The molecule has 0 spiro atoms. The van der Waals surface area contributed by atoms with E-state index in [1.165, 1.54) is 0 Å². The van der Waals surface area contributed by atoms with E-state index in [0.717, 1.165) is 0 Å². The first kappa shape index (κ1) is 36.0. The lowest BCUT2D eigenvalue weighted by molar-refractivity contribution is -0.144. The molecule has 6 N–H and O–H groups in total. The Labute approximate surface area is 231 Å². The molecule has 16 nitrogen and oxygen atoms in total. The molecule has 0 saturated carbocycles. The highest BCUT2D eigenvalue weighted by atomic mass is 32.2. The zero-order chi connectivity index (χ0) is 29.8. The number of amides is 4. The summed E-state index contributed by atoms with van der Waals surface area (Å²) in [5.41, 5.74) is 0. The van der Waals surface area contributed by atoms with E-state index in [4.69, 9.17) is 14.6 Å². The average Bonchev–Trinajstić information content (AvgIpc) is 2.81. The Balaban J connectivity index is 4.03. The first-order valence-electron chi connectivity index (χ1n) is 12.0. The Hall–Kier alpha value is -2.96. The molecule has 2 atom stereocenters. The second-order valence-electron chi connectivity index (χ2n) is 8.09. The van der Waals surface area contributed by atoms with Gasteiger partial charge in [-0.1, -0.05) is 26.0 Å². The number of hydrogen-bond donors (Lipinski definition) is 7. The van der Waals surface area contributed by atoms with Crippen LogP contribution in [0.5, 0.6) is 0 Å². The van der Waals surface area contributed by atoms with E-state index < -0.39 is 69.4 Å². The molecule has 0 aliphatic heterocycles. The molecule has 0 bridgehead atoms. The van der Waals surface area contributed by atoms with Crippen molar-refractivity contribution in [2.75, 3.05) is 38.7 Å². The molecule has 39 heavy (non-hydrogen) atoms. The third-order valence-electron chi connectivity index (χ3n) is 4.74. The second kappa shape index (κ2) is 20.0. The Kier molecular flexibility index (Phi) is 18.5. The van der Waals surface area contributed by atoms with Gasteiger partial charge in [0.2, 0.25) is 27.7 Å². The van der Waals surface area contributed by atoms with Gasteiger partial charge < -0.3 is 35.6 Å². The summed E-state index contributed by atoms with van der Waals surface area (Å²) >= 11 is 3.30.